The fourth-order valence-electron chi connectivity index (χ4n) is 2.29. The first kappa shape index (κ1) is 23.4. The van der Waals surface area contributed by atoms with Crippen LogP contribution in [-0.4, -0.2) is 24.6 Å². The van der Waals surface area contributed by atoms with Crippen LogP contribution in [0.5, 0.6) is 0 Å². The Hall–Kier alpha value is -1.59. The third-order valence-corrected chi connectivity index (χ3v) is 3.71. The van der Waals surface area contributed by atoms with Crippen molar-refractivity contribution < 1.29 is 14.3 Å². The minimum atomic E-state index is -0.241. The van der Waals surface area contributed by atoms with E-state index < -0.39 is 0 Å². The summed E-state index contributed by atoms with van der Waals surface area (Å²) in [4.78, 5) is 21.4. The molecule has 6 heteroatoms. The number of nitrogens with one attached hydrogen (secondary N) is 1. The SMILES string of the molecule is CCCC(N)NC(=O)C(C)c1ccc(CC(C)C)cc1.Cl.O=C1CO1. The van der Waals surface area contributed by atoms with E-state index in [4.69, 9.17) is 5.73 Å². The second-order valence-corrected chi connectivity index (χ2v) is 6.63. The average Bonchev–Trinajstić information content (AvgIpc) is 3.30. The highest BCUT2D eigenvalue weighted by Gasteiger charge is 2.17. The molecule has 1 aliphatic heterocycles. The molecule has 1 aromatic rings. The maximum Gasteiger partial charge on any atom is 0.344 e. The Kier molecular flexibility index (Phi) is 11.1. The highest BCUT2D eigenvalue weighted by Crippen LogP contribution is 2.18. The van der Waals surface area contributed by atoms with Gasteiger partial charge in [0.1, 0.15) is 0 Å². The Balaban J connectivity index is 0.00000101. The van der Waals surface area contributed by atoms with E-state index in [2.05, 4.69) is 43.0 Å². The normalized spacial score (nSPS) is 14.4. The number of nitrogens with two attached hydrogens (primary N) is 1. The van der Waals surface area contributed by atoms with Crippen molar-refractivity contribution in [2.45, 2.75) is 59.0 Å². The molecule has 0 radical (unpaired) electrons. The molecule has 0 saturated carbocycles. The van der Waals surface area contributed by atoms with E-state index in [0.717, 1.165) is 24.8 Å². The van der Waals surface area contributed by atoms with Gasteiger partial charge in [-0.3, -0.25) is 4.79 Å². The molecule has 25 heavy (non-hydrogen) atoms. The highest BCUT2D eigenvalue weighted by molar-refractivity contribution is 5.85. The molecule has 5 nitrogen and oxygen atoms in total. The third-order valence-electron chi connectivity index (χ3n) is 3.71. The molecule has 1 amide bonds. The van der Waals surface area contributed by atoms with Crippen molar-refractivity contribution in [3.05, 3.63) is 35.4 Å². The Bertz CT molecular complexity index is 526. The number of rotatable bonds is 7. The quantitative estimate of drug-likeness (QED) is 0.570. The van der Waals surface area contributed by atoms with Gasteiger partial charge in [-0.25, -0.2) is 4.79 Å². The van der Waals surface area contributed by atoms with Crippen LogP contribution >= 0.6 is 12.4 Å². The molecule has 142 valence electrons. The van der Waals surface area contributed by atoms with Gasteiger partial charge in [0.05, 0.1) is 12.1 Å². The lowest BCUT2D eigenvalue weighted by Gasteiger charge is -2.17. The molecule has 1 heterocycles. The van der Waals surface area contributed by atoms with Crippen LogP contribution in [0.2, 0.25) is 0 Å². The number of epoxide rings is 1. The number of cyclic esters (lactones) is 1. The number of hydrogen-bond acceptors (Lipinski definition) is 4. The van der Waals surface area contributed by atoms with Gasteiger partial charge >= 0.3 is 5.97 Å². The summed E-state index contributed by atoms with van der Waals surface area (Å²) in [5, 5.41) is 2.86. The molecule has 0 bridgehead atoms. The van der Waals surface area contributed by atoms with E-state index >= 15 is 0 Å². The van der Waals surface area contributed by atoms with Gasteiger partial charge in [-0.1, -0.05) is 51.5 Å². The van der Waals surface area contributed by atoms with Gasteiger partial charge in [-0.15, -0.1) is 12.4 Å². The summed E-state index contributed by atoms with van der Waals surface area (Å²) in [7, 11) is 0. The van der Waals surface area contributed by atoms with Crippen LogP contribution in [0.1, 0.15) is 57.6 Å². The Morgan fingerprint density at radius 3 is 2.16 bits per heavy atom. The molecule has 3 N–H and O–H groups in total. The first-order chi connectivity index (χ1) is 11.3. The molecule has 1 fully saturated rings. The van der Waals surface area contributed by atoms with Crippen LogP contribution in [0.15, 0.2) is 24.3 Å². The average molecular weight is 371 g/mol. The van der Waals surface area contributed by atoms with Crippen LogP contribution in [0.4, 0.5) is 0 Å². The fraction of sp³-hybridized carbons (Fsp3) is 0.579. The molecule has 2 atom stereocenters. The van der Waals surface area contributed by atoms with E-state index in [0.29, 0.717) is 12.5 Å². The molecule has 2 rings (SSSR count). The molecule has 1 aromatic carbocycles. The van der Waals surface area contributed by atoms with Crippen molar-refractivity contribution in [2.75, 3.05) is 6.61 Å². The Morgan fingerprint density at radius 1 is 1.24 bits per heavy atom. The van der Waals surface area contributed by atoms with Crippen LogP contribution < -0.4 is 11.1 Å². The van der Waals surface area contributed by atoms with Crippen LogP contribution in [-0.2, 0) is 20.7 Å². The first-order valence-corrected chi connectivity index (χ1v) is 8.63. The first-order valence-electron chi connectivity index (χ1n) is 8.63. The van der Waals surface area contributed by atoms with Gasteiger partial charge in [0, 0.05) is 0 Å². The van der Waals surface area contributed by atoms with Gasteiger partial charge in [0.25, 0.3) is 0 Å². The summed E-state index contributed by atoms with van der Waals surface area (Å²) in [5.74, 6) is 0.405. The van der Waals surface area contributed by atoms with E-state index in [9.17, 15) is 9.59 Å². The number of carbonyl (C=O) groups is 2. The molecular formula is C19H31ClN2O3. The van der Waals surface area contributed by atoms with Gasteiger partial charge in [-0.2, -0.15) is 0 Å². The minimum absolute atomic E-state index is 0. The van der Waals surface area contributed by atoms with Crippen LogP contribution in [0, 0.1) is 5.92 Å². The molecule has 1 saturated heterocycles. The number of carbonyl (C=O) groups excluding carboxylic acids is 2. The van der Waals surface area contributed by atoms with Crippen molar-refractivity contribution in [3.8, 4) is 0 Å². The van der Waals surface area contributed by atoms with E-state index in [1.165, 1.54) is 5.56 Å². The second-order valence-electron chi connectivity index (χ2n) is 6.63. The summed E-state index contributed by atoms with van der Waals surface area (Å²) in [5.41, 5.74) is 8.21. The monoisotopic (exact) mass is 370 g/mol. The highest BCUT2D eigenvalue weighted by atomic mass is 35.5. The van der Waals surface area contributed by atoms with E-state index in [-0.39, 0.29) is 36.4 Å². The Morgan fingerprint density at radius 2 is 1.76 bits per heavy atom. The Labute approximate surface area is 157 Å². The van der Waals surface area contributed by atoms with Crippen molar-refractivity contribution >= 4 is 24.3 Å². The minimum Gasteiger partial charge on any atom is -0.451 e. The zero-order valence-corrected chi connectivity index (χ0v) is 16.4. The third kappa shape index (κ3) is 10.1. The zero-order chi connectivity index (χ0) is 18.1. The largest absolute Gasteiger partial charge is 0.451 e. The van der Waals surface area contributed by atoms with Crippen molar-refractivity contribution in [1.82, 2.24) is 5.32 Å². The molecule has 0 spiro atoms. The molecule has 2 unspecified atom stereocenters. The predicted molar refractivity (Wildman–Crippen MR) is 103 cm³/mol. The van der Waals surface area contributed by atoms with Crippen molar-refractivity contribution in [2.24, 2.45) is 11.7 Å². The van der Waals surface area contributed by atoms with Gasteiger partial charge < -0.3 is 15.8 Å². The van der Waals surface area contributed by atoms with Crippen LogP contribution in [0.3, 0.4) is 0 Å². The maximum atomic E-state index is 12.1. The summed E-state index contributed by atoms with van der Waals surface area (Å²) in [6.45, 7) is 8.74. The van der Waals surface area contributed by atoms with E-state index in [1.54, 1.807) is 0 Å². The second kappa shape index (κ2) is 11.9. The summed E-state index contributed by atoms with van der Waals surface area (Å²) >= 11 is 0. The number of halogens is 1. The zero-order valence-electron chi connectivity index (χ0n) is 15.6. The number of amides is 1. The van der Waals surface area contributed by atoms with Crippen molar-refractivity contribution in [3.63, 3.8) is 0 Å². The summed E-state index contributed by atoms with van der Waals surface area (Å²) in [6, 6.07) is 8.33. The smallest absolute Gasteiger partial charge is 0.344 e. The lowest BCUT2D eigenvalue weighted by atomic mass is 9.96. The maximum absolute atomic E-state index is 12.1. The molecular weight excluding hydrogens is 340 g/mol. The van der Waals surface area contributed by atoms with Gasteiger partial charge in [-0.05, 0) is 36.8 Å². The number of ether oxygens (including phenoxy) is 1. The summed E-state index contributed by atoms with van der Waals surface area (Å²) < 4.78 is 4.07. The van der Waals surface area contributed by atoms with E-state index in [1.807, 2.05) is 19.1 Å². The van der Waals surface area contributed by atoms with Crippen LogP contribution in [0.25, 0.3) is 0 Å². The predicted octanol–water partition coefficient (Wildman–Crippen LogP) is 3.15. The lowest BCUT2D eigenvalue weighted by molar-refractivity contribution is -0.123. The number of benzene rings is 1. The van der Waals surface area contributed by atoms with Gasteiger partial charge in [0.15, 0.2) is 6.61 Å². The standard InChI is InChI=1S/C17H28N2O.C2H2O2.ClH/c1-5-6-16(18)19-17(20)13(4)15-9-7-14(8-10-15)11-12(2)3;3-2-1-4-2;/h7-10,12-13,16H,5-6,11,18H2,1-4H3,(H,19,20);1H2;1H. The molecule has 0 aromatic heterocycles. The fourth-order valence-corrected chi connectivity index (χ4v) is 2.29. The molecule has 0 aliphatic carbocycles. The topological polar surface area (TPSA) is 84.7 Å². The molecule has 1 aliphatic rings. The summed E-state index contributed by atoms with van der Waals surface area (Å²) in [6.07, 6.45) is 2.61. The lowest BCUT2D eigenvalue weighted by Crippen LogP contribution is -2.43. The van der Waals surface area contributed by atoms with Crippen molar-refractivity contribution in [1.29, 1.82) is 0 Å². The van der Waals surface area contributed by atoms with Gasteiger partial charge in [0.2, 0.25) is 5.91 Å². The number of hydrogen-bond donors (Lipinski definition) is 2.